The van der Waals surface area contributed by atoms with Crippen LogP contribution in [0.2, 0.25) is 0 Å². The number of carbonyl (C=O) groups excluding carboxylic acids is 1. The van der Waals surface area contributed by atoms with Crippen molar-refractivity contribution in [3.63, 3.8) is 0 Å². The lowest BCUT2D eigenvalue weighted by atomic mass is 10.0. The zero-order valence-electron chi connectivity index (χ0n) is 11.9. The zero-order chi connectivity index (χ0) is 13.8. The number of nitrogens with one attached hydrogen (secondary N) is 1. The van der Waals surface area contributed by atoms with Crippen LogP contribution in [0.3, 0.4) is 0 Å². The number of rotatable bonds is 3. The van der Waals surface area contributed by atoms with Gasteiger partial charge in [-0.2, -0.15) is 0 Å². The van der Waals surface area contributed by atoms with Gasteiger partial charge in [-0.05, 0) is 45.1 Å². The summed E-state index contributed by atoms with van der Waals surface area (Å²) in [6.45, 7) is 2.10. The molecule has 0 aliphatic carbocycles. The number of carbonyl (C=O) groups is 1. The fourth-order valence-electron chi connectivity index (χ4n) is 2.52. The van der Waals surface area contributed by atoms with E-state index in [2.05, 4.69) is 22.2 Å². The number of amides is 1. The van der Waals surface area contributed by atoms with Gasteiger partial charge in [-0.1, -0.05) is 0 Å². The van der Waals surface area contributed by atoms with Gasteiger partial charge in [0.05, 0.1) is 5.56 Å². The van der Waals surface area contributed by atoms with E-state index in [1.54, 1.807) is 19.3 Å². The van der Waals surface area contributed by atoms with E-state index < -0.39 is 0 Å². The molecular weight excluding hydrogens is 240 g/mol. The number of likely N-dealkylation sites (tertiary alicyclic amines) is 1. The van der Waals surface area contributed by atoms with Crippen LogP contribution >= 0.6 is 0 Å². The van der Waals surface area contributed by atoms with E-state index >= 15 is 0 Å². The molecule has 1 aliphatic rings. The van der Waals surface area contributed by atoms with Gasteiger partial charge in [-0.25, -0.2) is 4.98 Å². The second kappa shape index (κ2) is 6.02. The monoisotopic (exact) mass is 262 g/mol. The summed E-state index contributed by atoms with van der Waals surface area (Å²) in [5.41, 5.74) is 0.645. The van der Waals surface area contributed by atoms with E-state index in [0.29, 0.717) is 17.4 Å². The van der Waals surface area contributed by atoms with Gasteiger partial charge in [0.25, 0.3) is 5.91 Å². The minimum absolute atomic E-state index is 0.0482. The zero-order valence-corrected chi connectivity index (χ0v) is 11.9. The molecule has 0 saturated carbocycles. The van der Waals surface area contributed by atoms with E-state index in [4.69, 9.17) is 0 Å². The highest BCUT2D eigenvalue weighted by Crippen LogP contribution is 2.19. The van der Waals surface area contributed by atoms with Crippen LogP contribution in [0.5, 0.6) is 0 Å². The van der Waals surface area contributed by atoms with Crippen molar-refractivity contribution in [3.05, 3.63) is 23.9 Å². The first-order chi connectivity index (χ1) is 9.13. The van der Waals surface area contributed by atoms with Crippen molar-refractivity contribution in [2.75, 3.05) is 39.5 Å². The molecule has 0 aromatic carbocycles. The minimum Gasteiger partial charge on any atom is -0.372 e. The first kappa shape index (κ1) is 13.8. The quantitative estimate of drug-likeness (QED) is 0.891. The van der Waals surface area contributed by atoms with Crippen LogP contribution in [0, 0.1) is 0 Å². The summed E-state index contributed by atoms with van der Waals surface area (Å²) in [5, 5.41) is 2.97. The van der Waals surface area contributed by atoms with Crippen LogP contribution in [-0.2, 0) is 0 Å². The smallest absolute Gasteiger partial charge is 0.257 e. The molecule has 1 amide bonds. The molecule has 19 heavy (non-hydrogen) atoms. The highest BCUT2D eigenvalue weighted by atomic mass is 16.2. The number of hydrogen-bond donors (Lipinski definition) is 1. The maximum absolute atomic E-state index is 12.5. The lowest BCUT2D eigenvalue weighted by Gasteiger charge is -2.35. The average Bonchev–Trinajstić information content (AvgIpc) is 2.46. The molecule has 1 fully saturated rings. The Hall–Kier alpha value is -1.62. The summed E-state index contributed by atoms with van der Waals surface area (Å²) >= 11 is 0. The third kappa shape index (κ3) is 3.04. The molecule has 1 aromatic heterocycles. The first-order valence-electron chi connectivity index (χ1n) is 6.72. The highest BCUT2D eigenvalue weighted by Gasteiger charge is 2.25. The number of aromatic nitrogens is 1. The molecule has 1 aromatic rings. The van der Waals surface area contributed by atoms with Crippen LogP contribution in [0.15, 0.2) is 18.3 Å². The van der Waals surface area contributed by atoms with Gasteiger partial charge in [0.2, 0.25) is 0 Å². The summed E-state index contributed by atoms with van der Waals surface area (Å²) in [4.78, 5) is 20.9. The van der Waals surface area contributed by atoms with Crippen LogP contribution in [0.4, 0.5) is 5.82 Å². The molecule has 2 heterocycles. The molecule has 5 nitrogen and oxygen atoms in total. The summed E-state index contributed by atoms with van der Waals surface area (Å²) < 4.78 is 0. The molecule has 0 atom stereocenters. The predicted molar refractivity (Wildman–Crippen MR) is 76.4 cm³/mol. The van der Waals surface area contributed by atoms with E-state index in [1.807, 2.05) is 18.0 Å². The van der Waals surface area contributed by atoms with Crippen molar-refractivity contribution in [1.29, 1.82) is 0 Å². The lowest BCUT2D eigenvalue weighted by molar-refractivity contribution is 0.0660. The fourth-order valence-corrected chi connectivity index (χ4v) is 2.52. The summed E-state index contributed by atoms with van der Waals surface area (Å²) in [5.74, 6) is 0.694. The van der Waals surface area contributed by atoms with Gasteiger partial charge >= 0.3 is 0 Å². The summed E-state index contributed by atoms with van der Waals surface area (Å²) in [7, 11) is 5.80. The van der Waals surface area contributed by atoms with Crippen LogP contribution in [-0.4, -0.2) is 61.0 Å². The minimum atomic E-state index is 0.0482. The van der Waals surface area contributed by atoms with Crippen molar-refractivity contribution in [1.82, 2.24) is 14.8 Å². The van der Waals surface area contributed by atoms with Crippen molar-refractivity contribution in [2.45, 2.75) is 18.9 Å². The van der Waals surface area contributed by atoms with Crippen LogP contribution < -0.4 is 5.32 Å². The Bertz CT molecular complexity index is 441. The van der Waals surface area contributed by atoms with Crippen molar-refractivity contribution in [2.24, 2.45) is 0 Å². The second-order valence-electron chi connectivity index (χ2n) is 5.10. The summed E-state index contributed by atoms with van der Waals surface area (Å²) in [6, 6.07) is 3.96. The fraction of sp³-hybridized carbons (Fsp3) is 0.571. The Labute approximate surface area is 114 Å². The third-order valence-corrected chi connectivity index (χ3v) is 3.83. The Balaban J connectivity index is 2.10. The molecule has 2 rings (SSSR count). The maximum Gasteiger partial charge on any atom is 0.257 e. The van der Waals surface area contributed by atoms with Crippen molar-refractivity contribution < 1.29 is 4.79 Å². The molecule has 0 radical (unpaired) electrons. The molecule has 0 bridgehead atoms. The predicted octanol–water partition coefficient (Wildman–Crippen LogP) is 1.29. The van der Waals surface area contributed by atoms with E-state index in [1.165, 1.54) is 0 Å². The molecule has 1 saturated heterocycles. The lowest BCUT2D eigenvalue weighted by Crippen LogP contribution is -2.44. The molecule has 1 aliphatic heterocycles. The van der Waals surface area contributed by atoms with Gasteiger partial charge in [-0.15, -0.1) is 0 Å². The number of piperidine rings is 1. The van der Waals surface area contributed by atoms with E-state index in [9.17, 15) is 4.79 Å². The molecular formula is C14H22N4O. The number of nitrogens with zero attached hydrogens (tertiary/aromatic N) is 3. The average molecular weight is 262 g/mol. The number of hydrogen-bond acceptors (Lipinski definition) is 4. The van der Waals surface area contributed by atoms with Crippen LogP contribution in [0.1, 0.15) is 23.2 Å². The van der Waals surface area contributed by atoms with Crippen LogP contribution in [0.25, 0.3) is 0 Å². The maximum atomic E-state index is 12.5. The summed E-state index contributed by atoms with van der Waals surface area (Å²) in [6.07, 6.45) is 3.76. The van der Waals surface area contributed by atoms with E-state index in [-0.39, 0.29) is 5.91 Å². The number of anilines is 1. The van der Waals surface area contributed by atoms with Gasteiger partial charge in [-0.3, -0.25) is 4.79 Å². The molecule has 104 valence electrons. The SMILES string of the molecule is CNc1ncccc1C(=O)N(C)C1CCN(C)CC1. The molecule has 0 spiro atoms. The standard InChI is InChI=1S/C14H22N4O/c1-15-13-12(5-4-8-16-13)14(19)18(3)11-6-9-17(2)10-7-11/h4-5,8,11H,6-7,9-10H2,1-3H3,(H,15,16). The van der Waals surface area contributed by atoms with Crippen molar-refractivity contribution >= 4 is 11.7 Å². The largest absolute Gasteiger partial charge is 0.372 e. The first-order valence-corrected chi connectivity index (χ1v) is 6.72. The molecule has 0 unspecified atom stereocenters. The van der Waals surface area contributed by atoms with Gasteiger partial charge in [0.1, 0.15) is 5.82 Å². The Morgan fingerprint density at radius 1 is 1.47 bits per heavy atom. The topological polar surface area (TPSA) is 48.5 Å². The number of pyridine rings is 1. The normalized spacial score (nSPS) is 17.2. The Morgan fingerprint density at radius 2 is 2.16 bits per heavy atom. The highest BCUT2D eigenvalue weighted by molar-refractivity contribution is 5.98. The molecule has 5 heteroatoms. The van der Waals surface area contributed by atoms with Gasteiger partial charge in [0.15, 0.2) is 0 Å². The third-order valence-electron chi connectivity index (χ3n) is 3.83. The molecule has 1 N–H and O–H groups in total. The van der Waals surface area contributed by atoms with Crippen molar-refractivity contribution in [3.8, 4) is 0 Å². The van der Waals surface area contributed by atoms with Gasteiger partial charge < -0.3 is 15.1 Å². The van der Waals surface area contributed by atoms with E-state index in [0.717, 1.165) is 25.9 Å². The Kier molecular flexibility index (Phi) is 4.37. The van der Waals surface area contributed by atoms with Gasteiger partial charge in [0, 0.05) is 26.3 Å². The second-order valence-corrected chi connectivity index (χ2v) is 5.10. The Morgan fingerprint density at radius 3 is 2.79 bits per heavy atom.